The molecule has 2 heterocycles. The fourth-order valence-corrected chi connectivity index (χ4v) is 2.40. The SMILES string of the molecule is CCc1cc(N2CCOC(CN(C)C)C2)nc(C)n1. The van der Waals surface area contributed by atoms with E-state index in [0.717, 1.165) is 50.0 Å². The van der Waals surface area contributed by atoms with E-state index in [0.29, 0.717) is 0 Å². The minimum absolute atomic E-state index is 0.254. The lowest BCUT2D eigenvalue weighted by Crippen LogP contribution is -2.46. The molecular weight excluding hydrogens is 240 g/mol. The second-order valence-corrected chi connectivity index (χ2v) is 5.32. The van der Waals surface area contributed by atoms with Gasteiger partial charge in [0.25, 0.3) is 0 Å². The van der Waals surface area contributed by atoms with Crippen LogP contribution in [0, 0.1) is 6.92 Å². The van der Waals surface area contributed by atoms with E-state index in [1.807, 2.05) is 6.92 Å². The molecule has 0 saturated carbocycles. The van der Waals surface area contributed by atoms with Crippen molar-refractivity contribution in [1.82, 2.24) is 14.9 Å². The largest absolute Gasteiger partial charge is 0.373 e. The molecule has 1 aliphatic rings. The Balaban J connectivity index is 2.10. The fraction of sp³-hybridized carbons (Fsp3) is 0.714. The first-order chi connectivity index (χ1) is 9.08. The van der Waals surface area contributed by atoms with Crippen molar-refractivity contribution in [3.63, 3.8) is 0 Å². The van der Waals surface area contributed by atoms with E-state index in [-0.39, 0.29) is 6.10 Å². The molecule has 5 nitrogen and oxygen atoms in total. The van der Waals surface area contributed by atoms with Gasteiger partial charge in [0.05, 0.1) is 12.7 Å². The van der Waals surface area contributed by atoms with Crippen LogP contribution in [0.1, 0.15) is 18.4 Å². The number of hydrogen-bond acceptors (Lipinski definition) is 5. The summed E-state index contributed by atoms with van der Waals surface area (Å²) >= 11 is 0. The Labute approximate surface area is 115 Å². The molecule has 0 aliphatic carbocycles. The lowest BCUT2D eigenvalue weighted by molar-refractivity contribution is 0.0245. The quantitative estimate of drug-likeness (QED) is 0.815. The molecule has 19 heavy (non-hydrogen) atoms. The van der Waals surface area contributed by atoms with Crippen LogP contribution in [0.4, 0.5) is 5.82 Å². The van der Waals surface area contributed by atoms with Gasteiger partial charge in [0.2, 0.25) is 0 Å². The van der Waals surface area contributed by atoms with E-state index in [1.165, 1.54) is 0 Å². The second-order valence-electron chi connectivity index (χ2n) is 5.32. The molecule has 0 bridgehead atoms. The van der Waals surface area contributed by atoms with Gasteiger partial charge in [-0.15, -0.1) is 0 Å². The number of aromatic nitrogens is 2. The number of ether oxygens (including phenoxy) is 1. The Morgan fingerprint density at radius 1 is 1.42 bits per heavy atom. The van der Waals surface area contributed by atoms with Crippen molar-refractivity contribution in [2.45, 2.75) is 26.4 Å². The van der Waals surface area contributed by atoms with Gasteiger partial charge in [-0.25, -0.2) is 9.97 Å². The van der Waals surface area contributed by atoms with E-state index in [2.05, 4.69) is 46.9 Å². The minimum Gasteiger partial charge on any atom is -0.373 e. The third-order valence-corrected chi connectivity index (χ3v) is 3.27. The van der Waals surface area contributed by atoms with E-state index in [4.69, 9.17) is 4.74 Å². The highest BCUT2D eigenvalue weighted by Crippen LogP contribution is 2.17. The van der Waals surface area contributed by atoms with Gasteiger partial charge < -0.3 is 14.5 Å². The van der Waals surface area contributed by atoms with Gasteiger partial charge in [-0.3, -0.25) is 0 Å². The maximum atomic E-state index is 5.80. The number of hydrogen-bond donors (Lipinski definition) is 0. The highest BCUT2D eigenvalue weighted by atomic mass is 16.5. The van der Waals surface area contributed by atoms with Gasteiger partial charge in [-0.1, -0.05) is 6.92 Å². The molecule has 106 valence electrons. The molecule has 0 radical (unpaired) electrons. The highest BCUT2D eigenvalue weighted by Gasteiger charge is 2.22. The summed E-state index contributed by atoms with van der Waals surface area (Å²) in [7, 11) is 4.15. The maximum Gasteiger partial charge on any atom is 0.132 e. The summed E-state index contributed by atoms with van der Waals surface area (Å²) in [6.45, 7) is 7.60. The maximum absolute atomic E-state index is 5.80. The first-order valence-electron chi connectivity index (χ1n) is 6.94. The van der Waals surface area contributed by atoms with E-state index in [9.17, 15) is 0 Å². The standard InChI is InChI=1S/C14H24N4O/c1-5-12-8-14(16-11(2)15-12)18-6-7-19-13(10-18)9-17(3)4/h8,13H,5-7,9-10H2,1-4H3. The number of rotatable bonds is 4. The molecule has 5 heteroatoms. The second kappa shape index (κ2) is 6.30. The predicted octanol–water partition coefficient (Wildman–Crippen LogP) is 1.11. The lowest BCUT2D eigenvalue weighted by atomic mass is 10.2. The van der Waals surface area contributed by atoms with Gasteiger partial charge in [-0.2, -0.15) is 0 Å². The van der Waals surface area contributed by atoms with Gasteiger partial charge in [0.1, 0.15) is 11.6 Å². The average Bonchev–Trinajstić information content (AvgIpc) is 2.37. The third-order valence-electron chi connectivity index (χ3n) is 3.27. The molecule has 1 atom stereocenters. The molecule has 1 aliphatic heterocycles. The molecule has 1 fully saturated rings. The van der Waals surface area contributed by atoms with Crippen LogP contribution in [0.25, 0.3) is 0 Å². The Kier molecular flexibility index (Phi) is 4.71. The third kappa shape index (κ3) is 3.88. The van der Waals surface area contributed by atoms with Crippen LogP contribution in [-0.2, 0) is 11.2 Å². The lowest BCUT2D eigenvalue weighted by Gasteiger charge is -2.35. The zero-order valence-corrected chi connectivity index (χ0v) is 12.4. The molecule has 0 aromatic carbocycles. The number of nitrogens with zero attached hydrogens (tertiary/aromatic N) is 4. The topological polar surface area (TPSA) is 41.5 Å². The molecule has 1 unspecified atom stereocenters. The van der Waals surface area contributed by atoms with Crippen LogP contribution in [-0.4, -0.2) is 61.3 Å². The summed E-state index contributed by atoms with van der Waals surface area (Å²) in [5.41, 5.74) is 1.11. The summed E-state index contributed by atoms with van der Waals surface area (Å²) in [6.07, 6.45) is 1.20. The Hall–Kier alpha value is -1.20. The van der Waals surface area contributed by atoms with E-state index < -0.39 is 0 Å². The molecular formula is C14H24N4O. The van der Waals surface area contributed by atoms with Crippen molar-refractivity contribution in [3.05, 3.63) is 17.6 Å². The molecule has 0 N–H and O–H groups in total. The van der Waals surface area contributed by atoms with E-state index >= 15 is 0 Å². The van der Waals surface area contributed by atoms with Crippen molar-refractivity contribution in [3.8, 4) is 0 Å². The first-order valence-corrected chi connectivity index (χ1v) is 6.94. The van der Waals surface area contributed by atoms with Gasteiger partial charge in [0.15, 0.2) is 0 Å². The highest BCUT2D eigenvalue weighted by molar-refractivity contribution is 5.40. The van der Waals surface area contributed by atoms with Crippen LogP contribution >= 0.6 is 0 Å². The van der Waals surface area contributed by atoms with Crippen molar-refractivity contribution < 1.29 is 4.74 Å². The van der Waals surface area contributed by atoms with Gasteiger partial charge >= 0.3 is 0 Å². The summed E-state index contributed by atoms with van der Waals surface area (Å²) in [5, 5.41) is 0. The van der Waals surface area contributed by atoms with Crippen molar-refractivity contribution >= 4 is 5.82 Å². The zero-order valence-electron chi connectivity index (χ0n) is 12.4. The number of morpholine rings is 1. The van der Waals surface area contributed by atoms with Crippen LogP contribution in [0.5, 0.6) is 0 Å². The monoisotopic (exact) mass is 264 g/mol. The van der Waals surface area contributed by atoms with Crippen molar-refractivity contribution in [1.29, 1.82) is 0 Å². The number of anilines is 1. The smallest absolute Gasteiger partial charge is 0.132 e. The van der Waals surface area contributed by atoms with Crippen LogP contribution in [0.15, 0.2) is 6.07 Å². The van der Waals surface area contributed by atoms with Crippen molar-refractivity contribution in [2.75, 3.05) is 45.2 Å². The molecule has 1 aromatic heterocycles. The zero-order chi connectivity index (χ0) is 13.8. The summed E-state index contributed by atoms with van der Waals surface area (Å²) in [6, 6.07) is 2.10. The average molecular weight is 264 g/mol. The van der Waals surface area contributed by atoms with Crippen LogP contribution in [0.2, 0.25) is 0 Å². The molecule has 2 rings (SSSR count). The number of aryl methyl sites for hydroxylation is 2. The number of likely N-dealkylation sites (N-methyl/N-ethyl adjacent to an activating group) is 1. The first kappa shape index (κ1) is 14.2. The van der Waals surface area contributed by atoms with Gasteiger partial charge in [0, 0.05) is 31.4 Å². The Bertz CT molecular complexity index is 422. The van der Waals surface area contributed by atoms with Crippen LogP contribution < -0.4 is 4.90 Å². The van der Waals surface area contributed by atoms with Crippen LogP contribution in [0.3, 0.4) is 0 Å². The van der Waals surface area contributed by atoms with Crippen molar-refractivity contribution in [2.24, 2.45) is 0 Å². The Morgan fingerprint density at radius 3 is 2.89 bits per heavy atom. The Morgan fingerprint density at radius 2 is 2.21 bits per heavy atom. The molecule has 0 amide bonds. The summed E-state index contributed by atoms with van der Waals surface area (Å²) in [4.78, 5) is 13.5. The molecule has 0 spiro atoms. The summed E-state index contributed by atoms with van der Waals surface area (Å²) in [5.74, 6) is 1.89. The predicted molar refractivity (Wildman–Crippen MR) is 76.7 cm³/mol. The van der Waals surface area contributed by atoms with Gasteiger partial charge in [-0.05, 0) is 27.4 Å². The van der Waals surface area contributed by atoms with E-state index in [1.54, 1.807) is 0 Å². The normalized spacial score (nSPS) is 20.1. The fourth-order valence-electron chi connectivity index (χ4n) is 2.40. The molecule has 1 saturated heterocycles. The summed E-state index contributed by atoms with van der Waals surface area (Å²) < 4.78 is 5.80. The molecule has 1 aromatic rings. The minimum atomic E-state index is 0.254.